The second-order valence-corrected chi connectivity index (χ2v) is 8.46. The predicted octanol–water partition coefficient (Wildman–Crippen LogP) is 2.07. The summed E-state index contributed by atoms with van der Waals surface area (Å²) in [6.45, 7) is 13.8. The fourth-order valence-corrected chi connectivity index (χ4v) is 3.51. The van der Waals surface area contributed by atoms with Crippen LogP contribution in [-0.2, 0) is 0 Å². The first kappa shape index (κ1) is 18.8. The number of anilines is 2. The first-order valence-corrected chi connectivity index (χ1v) is 9.67. The Hall–Kier alpha value is -1.95. The van der Waals surface area contributed by atoms with Crippen molar-refractivity contribution in [3.05, 3.63) is 24.3 Å². The SMILES string of the molecule is CN1CCN(c2ccc(N3CCN(C(=O)NC(C)(C)C)CC3)cc2)CC1. The lowest BCUT2D eigenvalue weighted by Crippen LogP contribution is -2.55. The van der Waals surface area contributed by atoms with Crippen molar-refractivity contribution in [3.8, 4) is 0 Å². The smallest absolute Gasteiger partial charge is 0.317 e. The monoisotopic (exact) mass is 359 g/mol. The van der Waals surface area contributed by atoms with Crippen LogP contribution in [0.1, 0.15) is 20.8 Å². The average molecular weight is 360 g/mol. The van der Waals surface area contributed by atoms with Gasteiger partial charge in [0.1, 0.15) is 0 Å². The number of urea groups is 1. The maximum absolute atomic E-state index is 12.3. The molecule has 2 aliphatic heterocycles. The summed E-state index contributed by atoms with van der Waals surface area (Å²) in [5.41, 5.74) is 2.37. The molecular formula is C20H33N5O. The van der Waals surface area contributed by atoms with Crippen molar-refractivity contribution in [1.29, 1.82) is 0 Å². The average Bonchev–Trinajstić information content (AvgIpc) is 2.61. The lowest BCUT2D eigenvalue weighted by molar-refractivity contribution is 0.185. The van der Waals surface area contributed by atoms with Gasteiger partial charge in [-0.05, 0) is 52.1 Å². The van der Waals surface area contributed by atoms with Crippen molar-refractivity contribution >= 4 is 17.4 Å². The molecule has 1 N–H and O–H groups in total. The largest absolute Gasteiger partial charge is 0.369 e. The van der Waals surface area contributed by atoms with Gasteiger partial charge in [0.2, 0.25) is 0 Å². The lowest BCUT2D eigenvalue weighted by atomic mass is 10.1. The van der Waals surface area contributed by atoms with E-state index < -0.39 is 0 Å². The Labute approximate surface area is 157 Å². The molecule has 0 bridgehead atoms. The van der Waals surface area contributed by atoms with E-state index in [-0.39, 0.29) is 11.6 Å². The molecule has 2 fully saturated rings. The van der Waals surface area contributed by atoms with Gasteiger partial charge in [0.25, 0.3) is 0 Å². The summed E-state index contributed by atoms with van der Waals surface area (Å²) in [5.74, 6) is 0. The van der Waals surface area contributed by atoms with Crippen molar-refractivity contribution in [1.82, 2.24) is 15.1 Å². The molecule has 0 aliphatic carbocycles. The number of piperazine rings is 2. The van der Waals surface area contributed by atoms with Gasteiger partial charge in [-0.15, -0.1) is 0 Å². The number of likely N-dealkylation sites (N-methyl/N-ethyl adjacent to an activating group) is 1. The number of carbonyl (C=O) groups excluding carboxylic acids is 1. The number of hydrogen-bond acceptors (Lipinski definition) is 4. The third-order valence-electron chi connectivity index (χ3n) is 5.13. The fraction of sp³-hybridized carbons (Fsp3) is 0.650. The molecule has 0 atom stereocenters. The molecule has 2 aliphatic rings. The number of rotatable bonds is 2. The second kappa shape index (κ2) is 7.74. The molecule has 26 heavy (non-hydrogen) atoms. The van der Waals surface area contributed by atoms with Gasteiger partial charge in [-0.2, -0.15) is 0 Å². The van der Waals surface area contributed by atoms with Crippen LogP contribution in [0.2, 0.25) is 0 Å². The van der Waals surface area contributed by atoms with Gasteiger partial charge >= 0.3 is 6.03 Å². The van der Waals surface area contributed by atoms with Crippen LogP contribution >= 0.6 is 0 Å². The van der Waals surface area contributed by atoms with E-state index in [0.717, 1.165) is 52.4 Å². The summed E-state index contributed by atoms with van der Waals surface area (Å²) < 4.78 is 0. The van der Waals surface area contributed by atoms with E-state index in [1.807, 2.05) is 25.7 Å². The molecule has 0 radical (unpaired) electrons. The van der Waals surface area contributed by atoms with E-state index in [2.05, 4.69) is 51.3 Å². The van der Waals surface area contributed by atoms with E-state index in [9.17, 15) is 4.79 Å². The molecule has 1 aromatic carbocycles. The van der Waals surface area contributed by atoms with E-state index in [0.29, 0.717) is 0 Å². The zero-order valence-corrected chi connectivity index (χ0v) is 16.7. The van der Waals surface area contributed by atoms with Gasteiger partial charge in [-0.3, -0.25) is 0 Å². The Bertz CT molecular complexity index is 594. The van der Waals surface area contributed by atoms with Crippen LogP contribution in [0.3, 0.4) is 0 Å². The number of nitrogens with one attached hydrogen (secondary N) is 1. The summed E-state index contributed by atoms with van der Waals surface area (Å²) in [7, 11) is 2.18. The van der Waals surface area contributed by atoms with Gasteiger partial charge in [-0.1, -0.05) is 0 Å². The second-order valence-electron chi connectivity index (χ2n) is 8.46. The molecule has 0 saturated carbocycles. The third-order valence-corrected chi connectivity index (χ3v) is 5.13. The molecule has 3 rings (SSSR count). The topological polar surface area (TPSA) is 42.1 Å². The molecule has 1 aromatic rings. The van der Waals surface area contributed by atoms with Crippen LogP contribution < -0.4 is 15.1 Å². The minimum absolute atomic E-state index is 0.0440. The highest BCUT2D eigenvalue weighted by atomic mass is 16.2. The maximum atomic E-state index is 12.3. The molecule has 2 heterocycles. The molecular weight excluding hydrogens is 326 g/mol. The highest BCUT2D eigenvalue weighted by molar-refractivity contribution is 5.75. The molecule has 0 spiro atoms. The number of benzene rings is 1. The summed E-state index contributed by atoms with van der Waals surface area (Å²) in [4.78, 5) is 21.4. The number of nitrogens with zero attached hydrogens (tertiary/aromatic N) is 4. The quantitative estimate of drug-likeness (QED) is 0.878. The van der Waals surface area contributed by atoms with E-state index >= 15 is 0 Å². The van der Waals surface area contributed by atoms with Crippen LogP contribution in [0.4, 0.5) is 16.2 Å². The van der Waals surface area contributed by atoms with Crippen LogP contribution in [-0.4, -0.2) is 80.8 Å². The summed E-state index contributed by atoms with van der Waals surface area (Å²) in [5, 5.41) is 3.05. The van der Waals surface area contributed by atoms with Crippen LogP contribution in [0, 0.1) is 0 Å². The summed E-state index contributed by atoms with van der Waals surface area (Å²) in [6, 6.07) is 8.96. The first-order chi connectivity index (χ1) is 12.3. The molecule has 144 valence electrons. The zero-order chi connectivity index (χ0) is 18.7. The van der Waals surface area contributed by atoms with Crippen LogP contribution in [0.15, 0.2) is 24.3 Å². The maximum Gasteiger partial charge on any atom is 0.317 e. The van der Waals surface area contributed by atoms with Crippen LogP contribution in [0.5, 0.6) is 0 Å². The van der Waals surface area contributed by atoms with Gasteiger partial charge in [-0.25, -0.2) is 4.79 Å². The molecule has 6 nitrogen and oxygen atoms in total. The predicted molar refractivity (Wildman–Crippen MR) is 108 cm³/mol. The van der Waals surface area contributed by atoms with E-state index in [1.165, 1.54) is 11.4 Å². The van der Waals surface area contributed by atoms with Crippen molar-refractivity contribution in [3.63, 3.8) is 0 Å². The van der Waals surface area contributed by atoms with Crippen molar-refractivity contribution in [2.75, 3.05) is 69.2 Å². The lowest BCUT2D eigenvalue weighted by Gasteiger charge is -2.38. The number of carbonyl (C=O) groups is 1. The van der Waals surface area contributed by atoms with Gasteiger partial charge < -0.3 is 24.9 Å². The van der Waals surface area contributed by atoms with E-state index in [4.69, 9.17) is 0 Å². The minimum atomic E-state index is -0.187. The standard InChI is InChI=1S/C20H33N5O/c1-20(2,3)21-19(26)25-15-13-24(14-16-25)18-7-5-17(6-8-18)23-11-9-22(4)10-12-23/h5-8H,9-16H2,1-4H3,(H,21,26). The Morgan fingerprint density at radius 1 is 0.808 bits per heavy atom. The molecule has 2 amide bonds. The number of hydrogen-bond donors (Lipinski definition) is 1. The third kappa shape index (κ3) is 4.81. The molecule has 6 heteroatoms. The fourth-order valence-electron chi connectivity index (χ4n) is 3.51. The van der Waals surface area contributed by atoms with Gasteiger partial charge in [0, 0.05) is 69.3 Å². The van der Waals surface area contributed by atoms with Crippen molar-refractivity contribution in [2.24, 2.45) is 0 Å². The highest BCUT2D eigenvalue weighted by Gasteiger charge is 2.24. The van der Waals surface area contributed by atoms with Crippen LogP contribution in [0.25, 0.3) is 0 Å². The van der Waals surface area contributed by atoms with Gasteiger partial charge in [0.15, 0.2) is 0 Å². The van der Waals surface area contributed by atoms with Gasteiger partial charge in [0.05, 0.1) is 0 Å². The molecule has 0 aromatic heterocycles. The number of amides is 2. The minimum Gasteiger partial charge on any atom is -0.369 e. The summed E-state index contributed by atoms with van der Waals surface area (Å²) in [6.07, 6.45) is 0. The van der Waals surface area contributed by atoms with Crippen molar-refractivity contribution in [2.45, 2.75) is 26.3 Å². The molecule has 2 saturated heterocycles. The Morgan fingerprint density at radius 3 is 1.65 bits per heavy atom. The van der Waals surface area contributed by atoms with Crippen molar-refractivity contribution < 1.29 is 4.79 Å². The highest BCUT2D eigenvalue weighted by Crippen LogP contribution is 2.23. The molecule has 0 unspecified atom stereocenters. The normalized spacial score (nSPS) is 19.6. The Balaban J connectivity index is 1.52. The van der Waals surface area contributed by atoms with E-state index in [1.54, 1.807) is 0 Å². The Kier molecular flexibility index (Phi) is 5.61. The zero-order valence-electron chi connectivity index (χ0n) is 16.7. The summed E-state index contributed by atoms with van der Waals surface area (Å²) >= 11 is 0. The Morgan fingerprint density at radius 2 is 1.23 bits per heavy atom. The first-order valence-electron chi connectivity index (χ1n) is 9.67.